The summed E-state index contributed by atoms with van der Waals surface area (Å²) in [7, 11) is 5.96. The summed E-state index contributed by atoms with van der Waals surface area (Å²) in [5.74, 6) is 0. The largest absolute Gasteiger partial charge is 0.394 e. The van der Waals surface area contributed by atoms with Gasteiger partial charge in [0.2, 0.25) is 0 Å². The van der Waals surface area contributed by atoms with Gasteiger partial charge in [-0.2, -0.15) is 0 Å². The Hall–Kier alpha value is -0.900. The van der Waals surface area contributed by atoms with E-state index in [1.807, 2.05) is 7.05 Å². The number of aliphatic hydroxyl groups excluding tert-OH is 1. The smallest absolute Gasteiger partial charge is 0.0626 e. The monoisotopic (exact) mass is 208 g/mol. The predicted octanol–water partition coefficient (Wildman–Crippen LogP) is 1.00. The van der Waals surface area contributed by atoms with E-state index in [-0.39, 0.29) is 12.6 Å². The molecule has 3 heteroatoms. The molecule has 0 saturated carbocycles. The Bertz CT molecular complexity index is 278. The summed E-state index contributed by atoms with van der Waals surface area (Å²) in [4.78, 5) is 2.14. The van der Waals surface area contributed by atoms with Crippen molar-refractivity contribution in [3.63, 3.8) is 0 Å². The number of nitrogens with one attached hydrogen (secondary N) is 1. The van der Waals surface area contributed by atoms with E-state index in [1.54, 1.807) is 0 Å². The normalized spacial score (nSPS) is 13.1. The van der Waals surface area contributed by atoms with E-state index >= 15 is 0 Å². The average molecular weight is 208 g/mol. The summed E-state index contributed by atoms with van der Waals surface area (Å²) < 4.78 is 0. The predicted molar refractivity (Wildman–Crippen MR) is 62.7 cm³/mol. The highest BCUT2D eigenvalue weighted by molar-refractivity contribution is 5.25. The van der Waals surface area contributed by atoms with Crippen LogP contribution in [0.25, 0.3) is 0 Å². The standard InChI is InChI=1S/C12H20N2O/c1-13-12(9-15)11-6-4-10(5-7-11)8-14(2)3/h4-7,12-13,15H,8-9H2,1-3H3. The molecule has 0 amide bonds. The van der Waals surface area contributed by atoms with Crippen molar-refractivity contribution in [2.45, 2.75) is 12.6 Å². The minimum absolute atomic E-state index is 0.0402. The van der Waals surface area contributed by atoms with Crippen LogP contribution in [-0.4, -0.2) is 37.8 Å². The van der Waals surface area contributed by atoms with Crippen LogP contribution in [0.1, 0.15) is 17.2 Å². The molecule has 1 unspecified atom stereocenters. The van der Waals surface area contributed by atoms with Crippen molar-refractivity contribution in [3.05, 3.63) is 35.4 Å². The highest BCUT2D eigenvalue weighted by Gasteiger charge is 2.06. The van der Waals surface area contributed by atoms with Crippen molar-refractivity contribution in [2.75, 3.05) is 27.7 Å². The Labute approximate surface area is 91.7 Å². The van der Waals surface area contributed by atoms with Crippen LogP contribution >= 0.6 is 0 Å². The lowest BCUT2D eigenvalue weighted by Crippen LogP contribution is -2.20. The van der Waals surface area contributed by atoms with Gasteiger partial charge < -0.3 is 15.3 Å². The number of hydrogen-bond acceptors (Lipinski definition) is 3. The van der Waals surface area contributed by atoms with Crippen LogP contribution in [0.3, 0.4) is 0 Å². The van der Waals surface area contributed by atoms with E-state index in [9.17, 15) is 0 Å². The number of hydrogen-bond donors (Lipinski definition) is 2. The topological polar surface area (TPSA) is 35.5 Å². The second kappa shape index (κ2) is 5.85. The molecule has 15 heavy (non-hydrogen) atoms. The fourth-order valence-electron chi connectivity index (χ4n) is 1.58. The lowest BCUT2D eigenvalue weighted by molar-refractivity contribution is 0.251. The highest BCUT2D eigenvalue weighted by Crippen LogP contribution is 2.13. The highest BCUT2D eigenvalue weighted by atomic mass is 16.3. The van der Waals surface area contributed by atoms with Crippen LogP contribution in [-0.2, 0) is 6.54 Å². The van der Waals surface area contributed by atoms with E-state index in [0.29, 0.717) is 0 Å². The van der Waals surface area contributed by atoms with Crippen LogP contribution in [0.15, 0.2) is 24.3 Å². The first kappa shape index (κ1) is 12.2. The molecular formula is C12H20N2O. The third-order valence-electron chi connectivity index (χ3n) is 2.41. The quantitative estimate of drug-likeness (QED) is 0.758. The zero-order valence-electron chi connectivity index (χ0n) is 9.70. The number of rotatable bonds is 5. The van der Waals surface area contributed by atoms with Crippen LogP contribution in [0.5, 0.6) is 0 Å². The van der Waals surface area contributed by atoms with Gasteiger partial charge >= 0.3 is 0 Å². The zero-order chi connectivity index (χ0) is 11.3. The Morgan fingerprint density at radius 1 is 1.27 bits per heavy atom. The van der Waals surface area contributed by atoms with Gasteiger partial charge in [0, 0.05) is 6.54 Å². The van der Waals surface area contributed by atoms with Gasteiger partial charge in [-0.05, 0) is 32.3 Å². The molecular weight excluding hydrogens is 188 g/mol. The second-order valence-corrected chi connectivity index (χ2v) is 4.00. The molecule has 84 valence electrons. The molecule has 0 aliphatic carbocycles. The first-order valence-corrected chi connectivity index (χ1v) is 5.19. The summed E-state index contributed by atoms with van der Waals surface area (Å²) in [6.45, 7) is 1.08. The second-order valence-electron chi connectivity index (χ2n) is 4.00. The molecule has 0 spiro atoms. The molecule has 0 aliphatic heterocycles. The van der Waals surface area contributed by atoms with Crippen molar-refractivity contribution < 1.29 is 5.11 Å². The van der Waals surface area contributed by atoms with Crippen molar-refractivity contribution in [3.8, 4) is 0 Å². The van der Waals surface area contributed by atoms with E-state index < -0.39 is 0 Å². The molecule has 0 radical (unpaired) electrons. The fourth-order valence-corrected chi connectivity index (χ4v) is 1.58. The van der Waals surface area contributed by atoms with E-state index in [4.69, 9.17) is 5.11 Å². The Balaban J connectivity index is 2.71. The SMILES string of the molecule is CNC(CO)c1ccc(CN(C)C)cc1. The van der Waals surface area contributed by atoms with Crippen LogP contribution in [0, 0.1) is 0 Å². The third kappa shape index (κ3) is 3.63. The van der Waals surface area contributed by atoms with Gasteiger partial charge in [-0.1, -0.05) is 24.3 Å². The average Bonchev–Trinajstić information content (AvgIpc) is 2.21. The first-order chi connectivity index (χ1) is 7.17. The van der Waals surface area contributed by atoms with Gasteiger partial charge in [-0.25, -0.2) is 0 Å². The van der Waals surface area contributed by atoms with Crippen molar-refractivity contribution >= 4 is 0 Å². The molecule has 1 aromatic carbocycles. The molecule has 0 aliphatic rings. The van der Waals surface area contributed by atoms with E-state index in [0.717, 1.165) is 12.1 Å². The molecule has 0 aromatic heterocycles. The number of aliphatic hydroxyl groups is 1. The zero-order valence-corrected chi connectivity index (χ0v) is 9.70. The number of benzene rings is 1. The molecule has 1 aromatic rings. The Morgan fingerprint density at radius 3 is 2.27 bits per heavy atom. The summed E-state index contributed by atoms with van der Waals surface area (Å²) >= 11 is 0. The summed E-state index contributed by atoms with van der Waals surface area (Å²) in [5, 5.41) is 12.2. The summed E-state index contributed by atoms with van der Waals surface area (Å²) in [6.07, 6.45) is 0. The maximum absolute atomic E-state index is 9.12. The molecule has 1 rings (SSSR count). The van der Waals surface area contributed by atoms with Crippen LogP contribution in [0.2, 0.25) is 0 Å². The fraction of sp³-hybridized carbons (Fsp3) is 0.500. The molecule has 0 fully saturated rings. The molecule has 0 heterocycles. The molecule has 0 saturated heterocycles. The first-order valence-electron chi connectivity index (χ1n) is 5.19. The van der Waals surface area contributed by atoms with Gasteiger partial charge in [0.15, 0.2) is 0 Å². The Kier molecular flexibility index (Phi) is 4.75. The van der Waals surface area contributed by atoms with Crippen LogP contribution in [0.4, 0.5) is 0 Å². The van der Waals surface area contributed by atoms with Gasteiger partial charge in [0.05, 0.1) is 12.6 Å². The minimum atomic E-state index is 0.0402. The van der Waals surface area contributed by atoms with Gasteiger partial charge in [0.25, 0.3) is 0 Å². The maximum atomic E-state index is 9.12. The Morgan fingerprint density at radius 2 is 1.87 bits per heavy atom. The van der Waals surface area contributed by atoms with Crippen LogP contribution < -0.4 is 5.32 Å². The molecule has 3 nitrogen and oxygen atoms in total. The lowest BCUT2D eigenvalue weighted by atomic mass is 10.1. The van der Waals surface area contributed by atoms with Gasteiger partial charge in [0.1, 0.15) is 0 Å². The molecule has 2 N–H and O–H groups in total. The third-order valence-corrected chi connectivity index (χ3v) is 2.41. The molecule has 0 bridgehead atoms. The minimum Gasteiger partial charge on any atom is -0.394 e. The van der Waals surface area contributed by atoms with Crippen molar-refractivity contribution in [1.29, 1.82) is 0 Å². The van der Waals surface area contributed by atoms with Crippen molar-refractivity contribution in [1.82, 2.24) is 10.2 Å². The summed E-state index contributed by atoms with van der Waals surface area (Å²) in [6, 6.07) is 8.38. The summed E-state index contributed by atoms with van der Waals surface area (Å²) in [5.41, 5.74) is 2.42. The van der Waals surface area contributed by atoms with Gasteiger partial charge in [-0.3, -0.25) is 0 Å². The number of likely N-dealkylation sites (N-methyl/N-ethyl adjacent to an activating group) is 1. The van der Waals surface area contributed by atoms with Crippen molar-refractivity contribution in [2.24, 2.45) is 0 Å². The van der Waals surface area contributed by atoms with E-state index in [1.165, 1.54) is 5.56 Å². The van der Waals surface area contributed by atoms with Gasteiger partial charge in [-0.15, -0.1) is 0 Å². The number of nitrogens with zero attached hydrogens (tertiary/aromatic N) is 1. The van der Waals surface area contributed by atoms with E-state index in [2.05, 4.69) is 48.6 Å². The molecule has 1 atom stereocenters. The lowest BCUT2D eigenvalue weighted by Gasteiger charge is -2.15. The maximum Gasteiger partial charge on any atom is 0.0626 e.